The topological polar surface area (TPSA) is 68.5 Å². The number of aromatic nitrogens is 3. The number of nitrogens with zero attached hydrogens (tertiary/aromatic N) is 3. The van der Waals surface area contributed by atoms with Gasteiger partial charge in [-0.15, -0.1) is 5.10 Å². The summed E-state index contributed by atoms with van der Waals surface area (Å²) in [7, 11) is 1.63. The molecule has 150 valence electrons. The number of anilines is 2. The Morgan fingerprint density at radius 2 is 1.83 bits per heavy atom. The van der Waals surface area contributed by atoms with Crippen molar-refractivity contribution < 1.29 is 9.53 Å². The average molecular weight is 398 g/mol. The minimum atomic E-state index is 0.239. The molecule has 2 aromatic heterocycles. The number of hydrogen-bond donors (Lipinski definition) is 1. The van der Waals surface area contributed by atoms with Gasteiger partial charge in [-0.2, -0.15) is 4.98 Å². The van der Waals surface area contributed by atoms with E-state index in [2.05, 4.69) is 15.4 Å². The van der Waals surface area contributed by atoms with Gasteiger partial charge in [0, 0.05) is 23.7 Å². The van der Waals surface area contributed by atoms with Gasteiger partial charge in [0.25, 0.3) is 0 Å². The minimum absolute atomic E-state index is 0.239. The third-order valence-electron chi connectivity index (χ3n) is 5.40. The number of fused-ring (bicyclic) bond motifs is 1. The van der Waals surface area contributed by atoms with Crippen molar-refractivity contribution in [1.82, 2.24) is 14.6 Å². The maximum absolute atomic E-state index is 12.3. The maximum Gasteiger partial charge on any atom is 0.247 e. The van der Waals surface area contributed by atoms with Gasteiger partial charge in [-0.25, -0.2) is 4.52 Å². The lowest BCUT2D eigenvalue weighted by Crippen LogP contribution is -1.99. The predicted octanol–water partition coefficient (Wildman–Crippen LogP) is 5.13. The summed E-state index contributed by atoms with van der Waals surface area (Å²) in [5.74, 6) is 2.07. The molecule has 0 atom stereocenters. The number of methoxy groups -OCH3 is 1. The summed E-state index contributed by atoms with van der Waals surface area (Å²) in [4.78, 5) is 16.8. The van der Waals surface area contributed by atoms with Crippen molar-refractivity contribution in [3.63, 3.8) is 0 Å². The Bertz CT molecular complexity index is 1210. The number of ether oxygens (including phenoxy) is 1. The van der Waals surface area contributed by atoms with Gasteiger partial charge >= 0.3 is 0 Å². The highest BCUT2D eigenvalue weighted by Crippen LogP contribution is 2.33. The number of pyridine rings is 1. The first-order valence-corrected chi connectivity index (χ1v) is 10.1. The zero-order valence-corrected chi connectivity index (χ0v) is 16.7. The number of hydrogen-bond acceptors (Lipinski definition) is 5. The van der Waals surface area contributed by atoms with E-state index < -0.39 is 0 Å². The fourth-order valence-corrected chi connectivity index (χ4v) is 3.53. The van der Waals surface area contributed by atoms with Crippen LogP contribution in [0.2, 0.25) is 0 Å². The Kier molecular flexibility index (Phi) is 4.67. The molecule has 1 aliphatic carbocycles. The Morgan fingerprint density at radius 1 is 1.07 bits per heavy atom. The van der Waals surface area contributed by atoms with Crippen LogP contribution in [0.5, 0.6) is 5.75 Å². The number of Topliss-reactive ketones (excluding diaryl/α,β-unsaturated/α-hetero) is 1. The van der Waals surface area contributed by atoms with Crippen molar-refractivity contribution in [2.24, 2.45) is 5.92 Å². The van der Waals surface area contributed by atoms with Crippen LogP contribution < -0.4 is 10.1 Å². The zero-order valence-electron chi connectivity index (χ0n) is 16.7. The SMILES string of the molecule is COc1ccccc1Nc1nc2ccc(-c3ccc(C(=O)CC4CC4)cc3)cn2n1. The van der Waals surface area contributed by atoms with Crippen LogP contribution in [-0.2, 0) is 0 Å². The quantitative estimate of drug-likeness (QED) is 0.437. The van der Waals surface area contributed by atoms with Crippen molar-refractivity contribution in [1.29, 1.82) is 0 Å². The Hall–Kier alpha value is -3.67. The van der Waals surface area contributed by atoms with E-state index in [1.807, 2.05) is 66.9 Å². The second-order valence-corrected chi connectivity index (χ2v) is 7.63. The number of ketones is 1. The lowest BCUT2D eigenvalue weighted by Gasteiger charge is -2.07. The molecule has 0 bridgehead atoms. The van der Waals surface area contributed by atoms with Crippen LogP contribution in [0.25, 0.3) is 16.8 Å². The molecule has 6 heteroatoms. The van der Waals surface area contributed by atoms with Crippen LogP contribution in [-0.4, -0.2) is 27.5 Å². The van der Waals surface area contributed by atoms with Crippen LogP contribution >= 0.6 is 0 Å². The van der Waals surface area contributed by atoms with Crippen LogP contribution in [0.1, 0.15) is 29.6 Å². The molecule has 30 heavy (non-hydrogen) atoms. The van der Waals surface area contributed by atoms with Crippen LogP contribution in [0.15, 0.2) is 66.9 Å². The highest BCUT2D eigenvalue weighted by molar-refractivity contribution is 5.96. The fraction of sp³-hybridized carbons (Fsp3) is 0.208. The molecule has 1 saturated carbocycles. The Balaban J connectivity index is 1.37. The summed E-state index contributed by atoms with van der Waals surface area (Å²) >= 11 is 0. The molecule has 0 aliphatic heterocycles. The third-order valence-corrected chi connectivity index (χ3v) is 5.40. The molecule has 2 aromatic carbocycles. The molecule has 4 aromatic rings. The van der Waals surface area contributed by atoms with E-state index in [-0.39, 0.29) is 5.78 Å². The van der Waals surface area contributed by atoms with Gasteiger partial charge < -0.3 is 10.1 Å². The Morgan fingerprint density at radius 3 is 2.60 bits per heavy atom. The second kappa shape index (κ2) is 7.63. The van der Waals surface area contributed by atoms with E-state index in [4.69, 9.17) is 4.74 Å². The van der Waals surface area contributed by atoms with Crippen LogP contribution in [0.4, 0.5) is 11.6 Å². The van der Waals surface area contributed by atoms with E-state index in [1.54, 1.807) is 11.6 Å². The number of para-hydroxylation sites is 2. The molecule has 5 rings (SSSR count). The molecule has 1 fully saturated rings. The lowest BCUT2D eigenvalue weighted by molar-refractivity contribution is 0.0976. The van der Waals surface area contributed by atoms with Gasteiger partial charge in [-0.1, -0.05) is 36.4 Å². The van der Waals surface area contributed by atoms with Crippen molar-refractivity contribution in [2.45, 2.75) is 19.3 Å². The highest BCUT2D eigenvalue weighted by Gasteiger charge is 2.24. The molecule has 0 spiro atoms. The molecule has 6 nitrogen and oxygen atoms in total. The maximum atomic E-state index is 12.3. The van der Waals surface area contributed by atoms with Gasteiger partial charge in [0.2, 0.25) is 5.95 Å². The number of nitrogens with one attached hydrogen (secondary N) is 1. The van der Waals surface area contributed by atoms with E-state index >= 15 is 0 Å². The van der Waals surface area contributed by atoms with Crippen LogP contribution in [0.3, 0.4) is 0 Å². The largest absolute Gasteiger partial charge is 0.495 e. The molecule has 2 heterocycles. The summed E-state index contributed by atoms with van der Waals surface area (Å²) in [6.07, 6.45) is 4.99. The first-order valence-electron chi connectivity index (χ1n) is 10.1. The van der Waals surface area contributed by atoms with Gasteiger partial charge in [-0.3, -0.25) is 4.79 Å². The molecule has 0 saturated heterocycles. The highest BCUT2D eigenvalue weighted by atomic mass is 16.5. The van der Waals surface area contributed by atoms with Gasteiger partial charge in [0.05, 0.1) is 12.8 Å². The standard InChI is InChI=1S/C24H22N4O2/c1-30-22-5-3-2-4-20(22)25-24-26-23-13-12-19(15-28(23)27-24)17-8-10-18(11-9-17)21(29)14-16-6-7-16/h2-5,8-13,15-16H,6-7,14H2,1H3,(H,25,27). The second-order valence-electron chi connectivity index (χ2n) is 7.63. The van der Waals surface area contributed by atoms with Crippen molar-refractivity contribution in [2.75, 3.05) is 12.4 Å². The number of carbonyl (C=O) groups excluding carboxylic acids is 1. The summed E-state index contributed by atoms with van der Waals surface area (Å²) in [5.41, 5.74) is 4.39. The van der Waals surface area contributed by atoms with Gasteiger partial charge in [0.1, 0.15) is 5.75 Å². The number of rotatable bonds is 7. The smallest absolute Gasteiger partial charge is 0.247 e. The van der Waals surface area contributed by atoms with E-state index in [0.717, 1.165) is 33.8 Å². The van der Waals surface area contributed by atoms with Gasteiger partial charge in [0.15, 0.2) is 11.4 Å². The zero-order chi connectivity index (χ0) is 20.5. The first kappa shape index (κ1) is 18.4. The predicted molar refractivity (Wildman–Crippen MR) is 116 cm³/mol. The number of benzene rings is 2. The molecule has 0 radical (unpaired) electrons. The fourth-order valence-electron chi connectivity index (χ4n) is 3.53. The third kappa shape index (κ3) is 3.76. The van der Waals surface area contributed by atoms with Crippen molar-refractivity contribution >= 4 is 23.1 Å². The van der Waals surface area contributed by atoms with Crippen molar-refractivity contribution in [3.05, 3.63) is 72.4 Å². The summed E-state index contributed by atoms with van der Waals surface area (Å²) in [5, 5.41) is 7.75. The average Bonchev–Trinajstić information content (AvgIpc) is 3.50. The molecule has 1 N–H and O–H groups in total. The minimum Gasteiger partial charge on any atom is -0.495 e. The molecule has 0 unspecified atom stereocenters. The molecular weight excluding hydrogens is 376 g/mol. The summed E-state index contributed by atoms with van der Waals surface area (Å²) in [6.45, 7) is 0. The van der Waals surface area contributed by atoms with Crippen molar-refractivity contribution in [3.8, 4) is 16.9 Å². The van der Waals surface area contributed by atoms with E-state index in [0.29, 0.717) is 18.3 Å². The molecule has 1 aliphatic rings. The normalized spacial score (nSPS) is 13.4. The monoisotopic (exact) mass is 398 g/mol. The van der Waals surface area contributed by atoms with E-state index in [1.165, 1.54) is 12.8 Å². The lowest BCUT2D eigenvalue weighted by atomic mass is 10.0. The first-order chi connectivity index (χ1) is 14.7. The van der Waals surface area contributed by atoms with Crippen LogP contribution in [0, 0.1) is 5.92 Å². The van der Waals surface area contributed by atoms with E-state index in [9.17, 15) is 4.79 Å². The Labute approximate surface area is 174 Å². The number of carbonyl (C=O) groups is 1. The summed E-state index contributed by atoms with van der Waals surface area (Å²) in [6, 6.07) is 19.4. The summed E-state index contributed by atoms with van der Waals surface area (Å²) < 4.78 is 7.12. The van der Waals surface area contributed by atoms with Gasteiger partial charge in [-0.05, 0) is 48.6 Å². The molecule has 0 amide bonds. The molecular formula is C24H22N4O2.